The summed E-state index contributed by atoms with van der Waals surface area (Å²) < 4.78 is 14.9. The molecule has 0 unspecified atom stereocenters. The molecule has 2 aromatic rings. The normalized spacial score (nSPS) is 14.6. The molecule has 2 nitrogen and oxygen atoms in total. The number of aromatic nitrogens is 1. The van der Waals surface area contributed by atoms with Gasteiger partial charge in [-0.1, -0.05) is 30.3 Å². The van der Waals surface area contributed by atoms with E-state index < -0.39 is 0 Å². The first-order chi connectivity index (χ1) is 10.3. The molecule has 1 heterocycles. The average Bonchev–Trinajstić information content (AvgIpc) is 2.56. The predicted octanol–water partition coefficient (Wildman–Crippen LogP) is 4.51. The lowest BCUT2D eigenvalue weighted by Gasteiger charge is -2.17. The summed E-state index contributed by atoms with van der Waals surface area (Å²) in [5, 5.41) is 9.19. The minimum atomic E-state index is -0.275. The Hall–Kier alpha value is -2.73. The van der Waals surface area contributed by atoms with Crippen LogP contribution in [0.15, 0.2) is 60.6 Å². The maximum Gasteiger partial charge on any atom is 0.136 e. The largest absolute Gasteiger partial charge is 0.256 e. The first kappa shape index (κ1) is 13.3. The molecule has 0 saturated heterocycles. The third-order valence-corrected chi connectivity index (χ3v) is 3.56. The van der Waals surface area contributed by atoms with Crippen LogP contribution < -0.4 is 0 Å². The Kier molecular flexibility index (Phi) is 3.61. The summed E-state index contributed by atoms with van der Waals surface area (Å²) in [4.78, 5) is 4.23. The lowest BCUT2D eigenvalue weighted by molar-refractivity contribution is 0.666. The Morgan fingerprint density at radius 3 is 2.67 bits per heavy atom. The zero-order valence-corrected chi connectivity index (χ0v) is 11.4. The number of allylic oxidation sites excluding steroid dienone is 4. The van der Waals surface area contributed by atoms with Gasteiger partial charge in [0.05, 0.1) is 17.3 Å². The zero-order chi connectivity index (χ0) is 14.7. The molecular formula is C18H13FN2. The summed E-state index contributed by atoms with van der Waals surface area (Å²) in [5.74, 6) is -0.275. The highest BCUT2D eigenvalue weighted by atomic mass is 19.1. The molecule has 21 heavy (non-hydrogen) atoms. The quantitative estimate of drug-likeness (QED) is 0.809. The molecular weight excluding hydrogens is 263 g/mol. The van der Waals surface area contributed by atoms with Crippen molar-refractivity contribution in [2.75, 3.05) is 0 Å². The van der Waals surface area contributed by atoms with Crippen molar-refractivity contribution in [1.29, 1.82) is 5.26 Å². The fourth-order valence-corrected chi connectivity index (χ4v) is 2.55. The van der Waals surface area contributed by atoms with Crippen molar-refractivity contribution in [3.63, 3.8) is 0 Å². The minimum Gasteiger partial charge on any atom is -0.256 e. The maximum absolute atomic E-state index is 14.9. The Labute approximate surface area is 122 Å². The van der Waals surface area contributed by atoms with Gasteiger partial charge in [-0.15, -0.1) is 0 Å². The smallest absolute Gasteiger partial charge is 0.136 e. The molecule has 1 aromatic heterocycles. The van der Waals surface area contributed by atoms with E-state index in [2.05, 4.69) is 11.1 Å². The summed E-state index contributed by atoms with van der Waals surface area (Å²) >= 11 is 0. The second kappa shape index (κ2) is 5.72. The summed E-state index contributed by atoms with van der Waals surface area (Å²) in [7, 11) is 0. The first-order valence-electron chi connectivity index (χ1n) is 6.81. The summed E-state index contributed by atoms with van der Waals surface area (Å²) in [6.45, 7) is 0. The molecule has 0 atom stereocenters. The first-order valence-corrected chi connectivity index (χ1v) is 6.81. The number of nitrogens with zero attached hydrogens (tertiary/aromatic N) is 2. The van der Waals surface area contributed by atoms with Crippen LogP contribution >= 0.6 is 0 Å². The number of rotatable bonds is 2. The van der Waals surface area contributed by atoms with E-state index in [-0.39, 0.29) is 5.83 Å². The average molecular weight is 276 g/mol. The monoisotopic (exact) mass is 276 g/mol. The Morgan fingerprint density at radius 2 is 1.90 bits per heavy atom. The molecule has 0 amide bonds. The molecule has 3 heteroatoms. The van der Waals surface area contributed by atoms with Gasteiger partial charge in [0.15, 0.2) is 0 Å². The van der Waals surface area contributed by atoms with Gasteiger partial charge in [0.2, 0.25) is 0 Å². The molecule has 1 aliphatic rings. The van der Waals surface area contributed by atoms with Crippen molar-refractivity contribution >= 4 is 11.1 Å². The number of hydrogen-bond donors (Lipinski definition) is 0. The highest BCUT2D eigenvalue weighted by Crippen LogP contribution is 2.38. The van der Waals surface area contributed by atoms with Gasteiger partial charge in [-0.25, -0.2) is 4.39 Å². The molecule has 102 valence electrons. The van der Waals surface area contributed by atoms with Crippen LogP contribution in [0.2, 0.25) is 0 Å². The molecule has 3 rings (SSSR count). The predicted molar refractivity (Wildman–Crippen MR) is 80.6 cm³/mol. The van der Waals surface area contributed by atoms with Crippen LogP contribution in [0.3, 0.4) is 0 Å². The van der Waals surface area contributed by atoms with Crippen molar-refractivity contribution in [3.8, 4) is 6.07 Å². The summed E-state index contributed by atoms with van der Waals surface area (Å²) in [6.07, 6.45) is 4.89. The fraction of sp³-hybridized carbons (Fsp3) is 0.111. The van der Waals surface area contributed by atoms with Gasteiger partial charge in [0, 0.05) is 22.9 Å². The Bertz CT molecular complexity index is 767. The molecule has 1 aliphatic carbocycles. The van der Waals surface area contributed by atoms with Crippen molar-refractivity contribution in [2.24, 2.45) is 0 Å². The van der Waals surface area contributed by atoms with E-state index in [4.69, 9.17) is 0 Å². The van der Waals surface area contributed by atoms with Crippen LogP contribution in [0.1, 0.15) is 29.7 Å². The third kappa shape index (κ3) is 2.48. The van der Waals surface area contributed by atoms with Gasteiger partial charge >= 0.3 is 0 Å². The second-order valence-corrected chi connectivity index (χ2v) is 4.82. The SMILES string of the molecule is N#Cc1ccccc1C1=CCCC(c2ccccn2)=C1F. The van der Waals surface area contributed by atoms with Crippen LogP contribution in [0.4, 0.5) is 4.39 Å². The van der Waals surface area contributed by atoms with Crippen molar-refractivity contribution in [1.82, 2.24) is 4.98 Å². The van der Waals surface area contributed by atoms with Gasteiger partial charge in [-0.2, -0.15) is 5.26 Å². The van der Waals surface area contributed by atoms with Crippen LogP contribution in [0, 0.1) is 11.3 Å². The van der Waals surface area contributed by atoms with E-state index in [1.54, 1.807) is 24.4 Å². The van der Waals surface area contributed by atoms with Crippen LogP contribution in [0.25, 0.3) is 11.1 Å². The Morgan fingerprint density at radius 1 is 1.10 bits per heavy atom. The van der Waals surface area contributed by atoms with Gasteiger partial charge in [0.1, 0.15) is 5.83 Å². The topological polar surface area (TPSA) is 36.7 Å². The lowest BCUT2D eigenvalue weighted by atomic mass is 9.89. The van der Waals surface area contributed by atoms with Crippen LogP contribution in [-0.4, -0.2) is 4.98 Å². The third-order valence-electron chi connectivity index (χ3n) is 3.56. The van der Waals surface area contributed by atoms with Gasteiger partial charge < -0.3 is 0 Å². The van der Waals surface area contributed by atoms with Crippen LogP contribution in [0.5, 0.6) is 0 Å². The lowest BCUT2D eigenvalue weighted by Crippen LogP contribution is -2.00. The molecule has 0 spiro atoms. The molecule has 1 aromatic carbocycles. The standard InChI is InChI=1S/C18H13FN2/c19-18-15(14-7-2-1-6-13(14)12-20)8-5-9-16(18)17-10-3-4-11-21-17/h1-4,6-8,10-11H,5,9H2. The second-order valence-electron chi connectivity index (χ2n) is 4.82. The number of pyridine rings is 1. The molecule has 0 aliphatic heterocycles. The number of benzene rings is 1. The van der Waals surface area contributed by atoms with Gasteiger partial charge in [-0.05, 0) is 31.0 Å². The van der Waals surface area contributed by atoms with Gasteiger partial charge in [0.25, 0.3) is 0 Å². The van der Waals surface area contributed by atoms with Crippen molar-refractivity contribution < 1.29 is 4.39 Å². The Balaban J connectivity index is 2.11. The number of nitriles is 1. The van der Waals surface area contributed by atoms with E-state index in [9.17, 15) is 9.65 Å². The molecule has 0 saturated carbocycles. The van der Waals surface area contributed by atoms with E-state index in [0.29, 0.717) is 34.4 Å². The number of hydrogen-bond acceptors (Lipinski definition) is 2. The summed E-state index contributed by atoms with van der Waals surface area (Å²) in [5.41, 5.74) is 2.90. The number of halogens is 1. The molecule has 0 fully saturated rings. The fourth-order valence-electron chi connectivity index (χ4n) is 2.55. The highest BCUT2D eigenvalue weighted by molar-refractivity contribution is 5.89. The molecule has 0 radical (unpaired) electrons. The van der Waals surface area contributed by atoms with E-state index in [0.717, 1.165) is 6.42 Å². The van der Waals surface area contributed by atoms with Gasteiger partial charge in [-0.3, -0.25) is 4.98 Å². The van der Waals surface area contributed by atoms with Crippen molar-refractivity contribution in [3.05, 3.63) is 77.4 Å². The van der Waals surface area contributed by atoms with E-state index >= 15 is 0 Å². The molecule has 0 N–H and O–H groups in total. The minimum absolute atomic E-state index is 0.275. The summed E-state index contributed by atoms with van der Waals surface area (Å²) in [6, 6.07) is 14.7. The van der Waals surface area contributed by atoms with E-state index in [1.807, 2.05) is 30.3 Å². The zero-order valence-electron chi connectivity index (χ0n) is 11.4. The molecule has 0 bridgehead atoms. The highest BCUT2D eigenvalue weighted by Gasteiger charge is 2.21. The maximum atomic E-state index is 14.9. The van der Waals surface area contributed by atoms with E-state index in [1.165, 1.54) is 0 Å². The van der Waals surface area contributed by atoms with Crippen molar-refractivity contribution in [2.45, 2.75) is 12.8 Å². The van der Waals surface area contributed by atoms with Crippen LogP contribution in [-0.2, 0) is 0 Å².